The van der Waals surface area contributed by atoms with Gasteiger partial charge in [0.15, 0.2) is 0 Å². The number of esters is 1. The van der Waals surface area contributed by atoms with Crippen LogP contribution in [0, 0.1) is 17.3 Å². The predicted molar refractivity (Wildman–Crippen MR) is 178 cm³/mol. The summed E-state index contributed by atoms with van der Waals surface area (Å²) in [6.07, 6.45) is 16.1. The highest BCUT2D eigenvalue weighted by Crippen LogP contribution is 2.56. The van der Waals surface area contributed by atoms with E-state index in [1.165, 1.54) is 17.3 Å². The second-order valence-corrected chi connectivity index (χ2v) is 14.7. The van der Waals surface area contributed by atoms with Crippen LogP contribution in [-0.2, 0) is 35.1 Å². The van der Waals surface area contributed by atoms with E-state index in [0.29, 0.717) is 5.76 Å². The number of nitrogens with two attached hydrogens (primary N) is 1. The summed E-state index contributed by atoms with van der Waals surface area (Å²) in [5.74, 6) is -3.40. The van der Waals surface area contributed by atoms with Gasteiger partial charge in [-0.05, 0) is 79.5 Å². The van der Waals surface area contributed by atoms with Crippen LogP contribution in [0.3, 0.4) is 0 Å². The number of hydrogen-bond donors (Lipinski definition) is 5. The van der Waals surface area contributed by atoms with Crippen LogP contribution in [0.1, 0.15) is 82.6 Å². The van der Waals surface area contributed by atoms with Crippen molar-refractivity contribution in [2.24, 2.45) is 23.0 Å². The summed E-state index contributed by atoms with van der Waals surface area (Å²) in [6.45, 7) is -0.614. The summed E-state index contributed by atoms with van der Waals surface area (Å²) in [5, 5.41) is 23.1. The maximum Gasteiger partial charge on any atom is 0.322 e. The Hall–Kier alpha value is -3.71. The molecular formula is C35H46N4O8S. The predicted octanol–water partition coefficient (Wildman–Crippen LogP) is 3.50. The lowest BCUT2D eigenvalue weighted by Gasteiger charge is -2.40. The van der Waals surface area contributed by atoms with E-state index in [9.17, 15) is 29.1 Å². The monoisotopic (exact) mass is 682 g/mol. The van der Waals surface area contributed by atoms with Gasteiger partial charge in [-0.25, -0.2) is 0 Å². The largest absolute Gasteiger partial charge is 0.480 e. The molecule has 0 bridgehead atoms. The van der Waals surface area contributed by atoms with Crippen molar-refractivity contribution in [1.29, 1.82) is 0 Å². The first-order valence-electron chi connectivity index (χ1n) is 17.0. The maximum absolute atomic E-state index is 13.7. The van der Waals surface area contributed by atoms with Crippen LogP contribution >= 0.6 is 11.8 Å². The Bertz CT molecular complexity index is 1440. The summed E-state index contributed by atoms with van der Waals surface area (Å²) in [5.41, 5.74) is 8.85. The number of thioether (sulfide) groups is 1. The molecule has 0 unspecified atom stereocenters. The number of carbonyl (C=O) groups is 5. The molecule has 1 aliphatic heterocycles. The van der Waals surface area contributed by atoms with Gasteiger partial charge in [0.05, 0.1) is 5.25 Å². The third-order valence-corrected chi connectivity index (χ3v) is 11.8. The number of nitrogens with zero attached hydrogens (tertiary/aromatic N) is 1. The molecule has 0 aromatic carbocycles. The normalized spacial score (nSPS) is 24.6. The number of hydrogen-bond acceptors (Lipinski definition) is 9. The zero-order chi connectivity index (χ0) is 34.3. The minimum Gasteiger partial charge on any atom is -0.480 e. The minimum absolute atomic E-state index is 0.112. The number of amides is 2. The molecule has 1 spiro atoms. The Morgan fingerprint density at radius 3 is 2.46 bits per heavy atom. The molecule has 2 heterocycles. The van der Waals surface area contributed by atoms with Crippen LogP contribution in [0.5, 0.6) is 0 Å². The van der Waals surface area contributed by atoms with E-state index in [4.69, 9.17) is 15.6 Å². The highest BCUT2D eigenvalue weighted by molar-refractivity contribution is 8.00. The molecule has 2 amide bonds. The molecule has 6 N–H and O–H groups in total. The number of allylic oxidation sites excluding steroid dienone is 1. The van der Waals surface area contributed by atoms with Gasteiger partial charge in [0.2, 0.25) is 11.8 Å². The van der Waals surface area contributed by atoms with Crippen LogP contribution in [0.25, 0.3) is 0 Å². The highest BCUT2D eigenvalue weighted by atomic mass is 32.2. The number of carboxylic acids is 2. The van der Waals surface area contributed by atoms with Gasteiger partial charge in [0, 0.05) is 24.6 Å². The highest BCUT2D eigenvalue weighted by Gasteiger charge is 2.51. The molecule has 0 radical (unpaired) electrons. The van der Waals surface area contributed by atoms with Crippen molar-refractivity contribution in [1.82, 2.24) is 15.6 Å². The van der Waals surface area contributed by atoms with Gasteiger partial charge < -0.3 is 31.3 Å². The fourth-order valence-corrected chi connectivity index (χ4v) is 9.51. The lowest BCUT2D eigenvalue weighted by Crippen LogP contribution is -2.50. The van der Waals surface area contributed by atoms with Crippen molar-refractivity contribution in [3.05, 3.63) is 53.1 Å². The van der Waals surface area contributed by atoms with E-state index < -0.39 is 48.3 Å². The number of carboxylic acid groups (broad SMARTS) is 2. The zero-order valence-electron chi connectivity index (χ0n) is 27.2. The van der Waals surface area contributed by atoms with Gasteiger partial charge >= 0.3 is 17.9 Å². The average Bonchev–Trinajstić information content (AvgIpc) is 3.67. The lowest BCUT2D eigenvalue weighted by atomic mass is 9.70. The van der Waals surface area contributed by atoms with Gasteiger partial charge in [0.1, 0.15) is 30.3 Å². The van der Waals surface area contributed by atoms with E-state index in [1.807, 2.05) is 12.1 Å². The van der Waals surface area contributed by atoms with E-state index >= 15 is 0 Å². The third-order valence-electron chi connectivity index (χ3n) is 10.2. The van der Waals surface area contributed by atoms with Gasteiger partial charge in [-0.2, -0.15) is 0 Å². The SMILES string of the molecule is N[C@@H](CCC(=O)N[C@@H](CS[C@H]1C2=C3[C@@H](CCCCCC14CCCC4)CC(Cc1ccncc1)=C[C@H]3C(=O)O2)C(=O)NCC(=O)O)C(=O)O. The number of nitrogens with one attached hydrogen (secondary N) is 2. The fraction of sp³-hybridized carbons (Fsp3) is 0.600. The third kappa shape index (κ3) is 8.65. The van der Waals surface area contributed by atoms with Gasteiger partial charge in [-0.15, -0.1) is 11.8 Å². The molecule has 0 saturated heterocycles. The average molecular weight is 683 g/mol. The number of carbonyl (C=O) groups excluding carboxylic acids is 3. The van der Waals surface area contributed by atoms with E-state index in [0.717, 1.165) is 81.8 Å². The van der Waals surface area contributed by atoms with Gasteiger partial charge in [-0.1, -0.05) is 43.8 Å². The van der Waals surface area contributed by atoms with E-state index in [1.54, 1.807) is 12.4 Å². The number of pyridine rings is 1. The van der Waals surface area contributed by atoms with E-state index in [2.05, 4.69) is 21.7 Å². The van der Waals surface area contributed by atoms with Crippen molar-refractivity contribution in [3.8, 4) is 0 Å². The van der Waals surface area contributed by atoms with Crippen LogP contribution in [0.2, 0.25) is 0 Å². The van der Waals surface area contributed by atoms with Crippen molar-refractivity contribution < 1.29 is 38.9 Å². The molecule has 1 aromatic rings. The molecule has 5 rings (SSSR count). The first-order valence-corrected chi connectivity index (χ1v) is 18.0. The molecule has 5 atom stereocenters. The summed E-state index contributed by atoms with van der Waals surface area (Å²) < 4.78 is 6.28. The Labute approximate surface area is 284 Å². The van der Waals surface area contributed by atoms with Gasteiger partial charge in [-0.3, -0.25) is 29.0 Å². The fourth-order valence-electron chi connectivity index (χ4n) is 7.85. The Balaban J connectivity index is 1.45. The molecule has 3 aliphatic carbocycles. The molecule has 1 saturated carbocycles. The lowest BCUT2D eigenvalue weighted by molar-refractivity contribution is -0.140. The number of rotatable bonds is 13. The standard InChI is InChI=1S/C35H46N4O8S/c36-25(33(44)45)7-8-27(40)39-26(32(43)38-19-28(41)42)20-48-31-30-29-23(6-2-1-3-11-35(31)12-4-5-13-35)17-22(18-24(29)34(46)47-30)16-21-9-14-37-15-10-21/h9-10,14-15,18,23-26,31H,1-8,11-13,16-17,19-20,36H2,(H,38,43)(H,39,40)(H,41,42)(H,44,45)/t23-,24+,25-,26-,31-/m0/s1. The Morgan fingerprint density at radius 1 is 1.06 bits per heavy atom. The molecule has 12 nitrogen and oxygen atoms in total. The topological polar surface area (TPSA) is 198 Å². The van der Waals surface area contributed by atoms with Crippen molar-refractivity contribution >= 4 is 41.5 Å². The summed E-state index contributed by atoms with van der Waals surface area (Å²) in [6, 6.07) is 1.67. The number of ether oxygens (including phenoxy) is 1. The molecule has 1 aromatic heterocycles. The smallest absolute Gasteiger partial charge is 0.322 e. The van der Waals surface area contributed by atoms with Crippen molar-refractivity contribution in [2.75, 3.05) is 12.3 Å². The molecule has 1 fully saturated rings. The van der Waals surface area contributed by atoms with Crippen LogP contribution in [-0.4, -0.2) is 74.6 Å². The number of aliphatic carboxylic acids is 2. The Kier molecular flexibility index (Phi) is 12.0. The second-order valence-electron chi connectivity index (χ2n) is 13.6. The van der Waals surface area contributed by atoms with Crippen LogP contribution in [0.15, 0.2) is 47.5 Å². The Morgan fingerprint density at radius 2 is 1.77 bits per heavy atom. The summed E-state index contributed by atoms with van der Waals surface area (Å²) in [4.78, 5) is 66.3. The summed E-state index contributed by atoms with van der Waals surface area (Å²) in [7, 11) is 0. The van der Waals surface area contributed by atoms with Gasteiger partial charge in [0.25, 0.3) is 0 Å². The van der Waals surface area contributed by atoms with Crippen LogP contribution < -0.4 is 16.4 Å². The number of aromatic nitrogens is 1. The quantitative estimate of drug-likeness (QED) is 0.151. The molecular weight excluding hydrogens is 636 g/mol. The molecule has 13 heteroatoms. The van der Waals surface area contributed by atoms with Crippen LogP contribution in [0.4, 0.5) is 0 Å². The molecule has 4 aliphatic rings. The molecule has 260 valence electrons. The minimum atomic E-state index is -1.23. The maximum atomic E-state index is 13.7. The van der Waals surface area contributed by atoms with Crippen molar-refractivity contribution in [3.63, 3.8) is 0 Å². The first-order chi connectivity index (χ1) is 23.1. The second kappa shape index (κ2) is 16.1. The first kappa shape index (κ1) is 35.6. The summed E-state index contributed by atoms with van der Waals surface area (Å²) >= 11 is 1.49. The van der Waals surface area contributed by atoms with Crippen molar-refractivity contribution in [2.45, 2.75) is 101 Å². The van der Waals surface area contributed by atoms with E-state index in [-0.39, 0.29) is 41.1 Å². The molecule has 48 heavy (non-hydrogen) atoms. The zero-order valence-corrected chi connectivity index (χ0v) is 28.0.